The van der Waals surface area contributed by atoms with Crippen LogP contribution in [0.25, 0.3) is 0 Å². The molecule has 0 saturated carbocycles. The highest BCUT2D eigenvalue weighted by Crippen LogP contribution is 2.13. The highest BCUT2D eigenvalue weighted by atomic mass is 19.1. The van der Waals surface area contributed by atoms with E-state index < -0.39 is 5.54 Å². The minimum atomic E-state index is -0.643. The molecule has 102 valence electrons. The van der Waals surface area contributed by atoms with E-state index in [-0.39, 0.29) is 5.82 Å². The van der Waals surface area contributed by atoms with E-state index >= 15 is 0 Å². The normalized spacial score (nSPS) is 13.4. The van der Waals surface area contributed by atoms with Crippen LogP contribution in [0, 0.1) is 17.1 Å². The van der Waals surface area contributed by atoms with Gasteiger partial charge in [-0.05, 0) is 30.2 Å². The summed E-state index contributed by atoms with van der Waals surface area (Å²) in [4.78, 5) is 0. The zero-order valence-electron chi connectivity index (χ0n) is 11.4. The van der Waals surface area contributed by atoms with Crippen LogP contribution in [0.5, 0.6) is 0 Å². The predicted octanol–water partition coefficient (Wildman–Crippen LogP) is 3.44. The fourth-order valence-corrected chi connectivity index (χ4v) is 2.05. The zero-order chi connectivity index (χ0) is 14.4. The number of halogens is 1. The third-order valence-corrected chi connectivity index (χ3v) is 3.24. The van der Waals surface area contributed by atoms with E-state index in [9.17, 15) is 9.65 Å². The van der Waals surface area contributed by atoms with Gasteiger partial charge in [0.2, 0.25) is 0 Å². The van der Waals surface area contributed by atoms with Gasteiger partial charge in [0.05, 0.1) is 6.07 Å². The number of nitrogens with zero attached hydrogens (tertiary/aromatic N) is 1. The van der Waals surface area contributed by atoms with Gasteiger partial charge in [0.25, 0.3) is 0 Å². The summed E-state index contributed by atoms with van der Waals surface area (Å²) in [7, 11) is 0. The topological polar surface area (TPSA) is 35.8 Å². The molecule has 0 bridgehead atoms. The number of hydrogen-bond acceptors (Lipinski definition) is 2. The highest BCUT2D eigenvalue weighted by molar-refractivity contribution is 5.22. The maximum Gasteiger partial charge on any atom is 0.123 e. The minimum Gasteiger partial charge on any atom is -0.295 e. The second-order valence-corrected chi connectivity index (χ2v) is 5.09. The van der Waals surface area contributed by atoms with Crippen molar-refractivity contribution >= 4 is 0 Å². The van der Waals surface area contributed by atoms with Gasteiger partial charge >= 0.3 is 0 Å². The Balaban J connectivity index is 2.01. The number of benzene rings is 2. The molecule has 2 nitrogen and oxygen atoms in total. The van der Waals surface area contributed by atoms with E-state index in [1.807, 2.05) is 37.3 Å². The average molecular weight is 268 g/mol. The maximum absolute atomic E-state index is 12.8. The molecular formula is C17H17FN2. The Morgan fingerprint density at radius 3 is 2.30 bits per heavy atom. The number of hydrogen-bond donors (Lipinski definition) is 1. The first-order chi connectivity index (χ1) is 9.61. The molecule has 0 spiro atoms. The smallest absolute Gasteiger partial charge is 0.123 e. The van der Waals surface area contributed by atoms with Gasteiger partial charge in [-0.1, -0.05) is 42.5 Å². The van der Waals surface area contributed by atoms with Crippen molar-refractivity contribution in [3.05, 3.63) is 71.5 Å². The van der Waals surface area contributed by atoms with E-state index in [1.54, 1.807) is 12.1 Å². The standard InChI is InChI=1S/C17H17FN2/c1-17(13-19,11-14-5-3-2-4-6-14)20-12-15-7-9-16(18)10-8-15/h2-10,20H,11-12H2,1H3. The molecule has 1 N–H and O–H groups in total. The van der Waals surface area contributed by atoms with Gasteiger partial charge in [-0.15, -0.1) is 0 Å². The molecular weight excluding hydrogens is 251 g/mol. The van der Waals surface area contributed by atoms with Crippen molar-refractivity contribution in [3.63, 3.8) is 0 Å². The van der Waals surface area contributed by atoms with Crippen LogP contribution in [0.1, 0.15) is 18.1 Å². The molecule has 1 atom stereocenters. The first-order valence-corrected chi connectivity index (χ1v) is 6.56. The molecule has 2 aromatic carbocycles. The Hall–Kier alpha value is -2.18. The summed E-state index contributed by atoms with van der Waals surface area (Å²) in [6.07, 6.45) is 0.630. The summed E-state index contributed by atoms with van der Waals surface area (Å²) in [5, 5.41) is 12.6. The third kappa shape index (κ3) is 3.91. The lowest BCUT2D eigenvalue weighted by atomic mass is 9.94. The monoisotopic (exact) mass is 268 g/mol. The fraction of sp³-hybridized carbons (Fsp3) is 0.235. The maximum atomic E-state index is 12.8. The molecule has 2 aromatic rings. The average Bonchev–Trinajstić information content (AvgIpc) is 2.48. The van der Waals surface area contributed by atoms with E-state index in [1.165, 1.54) is 12.1 Å². The Morgan fingerprint density at radius 1 is 1.05 bits per heavy atom. The van der Waals surface area contributed by atoms with Crippen LogP contribution in [0.2, 0.25) is 0 Å². The summed E-state index contributed by atoms with van der Waals surface area (Å²) in [6, 6.07) is 18.5. The second kappa shape index (κ2) is 6.31. The van der Waals surface area contributed by atoms with Crippen LogP contribution in [0.4, 0.5) is 4.39 Å². The molecule has 0 aliphatic carbocycles. The van der Waals surface area contributed by atoms with Crippen LogP contribution in [0.15, 0.2) is 54.6 Å². The molecule has 0 radical (unpaired) electrons. The summed E-state index contributed by atoms with van der Waals surface area (Å²) in [6.45, 7) is 2.42. The Bertz CT molecular complexity index is 587. The van der Waals surface area contributed by atoms with Crippen molar-refractivity contribution in [1.29, 1.82) is 5.26 Å². The van der Waals surface area contributed by atoms with Gasteiger partial charge in [0, 0.05) is 13.0 Å². The number of rotatable bonds is 5. The lowest BCUT2D eigenvalue weighted by molar-refractivity contribution is 0.443. The molecule has 0 fully saturated rings. The van der Waals surface area contributed by atoms with Crippen molar-refractivity contribution < 1.29 is 4.39 Å². The molecule has 0 aliphatic heterocycles. The Morgan fingerprint density at radius 2 is 1.70 bits per heavy atom. The first kappa shape index (κ1) is 14.2. The number of nitriles is 1. The summed E-state index contributed by atoms with van der Waals surface area (Å²) in [5.74, 6) is -0.249. The van der Waals surface area contributed by atoms with Crippen LogP contribution in [-0.2, 0) is 13.0 Å². The van der Waals surface area contributed by atoms with Gasteiger partial charge in [-0.2, -0.15) is 5.26 Å². The van der Waals surface area contributed by atoms with Crippen LogP contribution in [0.3, 0.4) is 0 Å². The van der Waals surface area contributed by atoms with E-state index in [0.717, 1.165) is 11.1 Å². The highest BCUT2D eigenvalue weighted by Gasteiger charge is 2.23. The van der Waals surface area contributed by atoms with Gasteiger partial charge in [-0.3, -0.25) is 5.32 Å². The Labute approximate surface area is 118 Å². The van der Waals surface area contributed by atoms with Crippen LogP contribution >= 0.6 is 0 Å². The molecule has 0 heterocycles. The second-order valence-electron chi connectivity index (χ2n) is 5.09. The predicted molar refractivity (Wildman–Crippen MR) is 77.4 cm³/mol. The number of nitrogens with one attached hydrogen (secondary N) is 1. The molecule has 1 unspecified atom stereocenters. The molecule has 0 aliphatic rings. The lowest BCUT2D eigenvalue weighted by Crippen LogP contribution is -2.42. The quantitative estimate of drug-likeness (QED) is 0.901. The van der Waals surface area contributed by atoms with Crippen molar-refractivity contribution in [1.82, 2.24) is 5.32 Å². The lowest BCUT2D eigenvalue weighted by Gasteiger charge is -2.23. The van der Waals surface area contributed by atoms with E-state index in [0.29, 0.717) is 13.0 Å². The molecule has 2 rings (SSSR count). The van der Waals surface area contributed by atoms with Gasteiger partial charge < -0.3 is 0 Å². The van der Waals surface area contributed by atoms with Gasteiger partial charge in [-0.25, -0.2) is 4.39 Å². The SMILES string of the molecule is CC(C#N)(Cc1ccccc1)NCc1ccc(F)cc1. The van der Waals surface area contributed by atoms with Crippen molar-refractivity contribution in [2.75, 3.05) is 0 Å². The van der Waals surface area contributed by atoms with Crippen molar-refractivity contribution in [2.45, 2.75) is 25.4 Å². The van der Waals surface area contributed by atoms with E-state index in [2.05, 4.69) is 11.4 Å². The fourth-order valence-electron chi connectivity index (χ4n) is 2.05. The molecule has 0 saturated heterocycles. The van der Waals surface area contributed by atoms with Gasteiger partial charge in [0.15, 0.2) is 0 Å². The summed E-state index contributed by atoms with van der Waals surface area (Å²) >= 11 is 0. The summed E-state index contributed by atoms with van der Waals surface area (Å²) in [5.41, 5.74) is 1.43. The first-order valence-electron chi connectivity index (χ1n) is 6.56. The molecule has 0 amide bonds. The minimum absolute atomic E-state index is 0.249. The summed E-state index contributed by atoms with van der Waals surface area (Å²) < 4.78 is 12.8. The molecule has 3 heteroatoms. The Kier molecular flexibility index (Phi) is 4.49. The van der Waals surface area contributed by atoms with Crippen LogP contribution in [-0.4, -0.2) is 5.54 Å². The van der Waals surface area contributed by atoms with Gasteiger partial charge in [0.1, 0.15) is 11.4 Å². The van der Waals surface area contributed by atoms with Crippen molar-refractivity contribution in [3.8, 4) is 6.07 Å². The molecule has 20 heavy (non-hydrogen) atoms. The molecule has 0 aromatic heterocycles. The van der Waals surface area contributed by atoms with Crippen molar-refractivity contribution in [2.24, 2.45) is 0 Å². The zero-order valence-corrected chi connectivity index (χ0v) is 11.4. The third-order valence-electron chi connectivity index (χ3n) is 3.24. The van der Waals surface area contributed by atoms with E-state index in [4.69, 9.17) is 0 Å². The largest absolute Gasteiger partial charge is 0.295 e. The van der Waals surface area contributed by atoms with Crippen LogP contribution < -0.4 is 5.32 Å².